The molecule has 0 unspecified atom stereocenters. The molecule has 2 aromatic carbocycles. The number of anilines is 1. The van der Waals surface area contributed by atoms with Crippen LogP contribution >= 0.6 is 11.6 Å². The SMILES string of the molecule is COc1cc(N)cc(CS(=O)(=O)c2ccccc2Cl)c1. The van der Waals surface area contributed by atoms with Crippen molar-refractivity contribution in [1.29, 1.82) is 0 Å². The predicted octanol–water partition coefficient (Wildman–Crippen LogP) is 2.90. The molecule has 0 amide bonds. The predicted molar refractivity (Wildman–Crippen MR) is 79.7 cm³/mol. The lowest BCUT2D eigenvalue weighted by Crippen LogP contribution is -2.06. The maximum atomic E-state index is 12.4. The van der Waals surface area contributed by atoms with Gasteiger partial charge in [-0.3, -0.25) is 0 Å². The van der Waals surface area contributed by atoms with Crippen molar-refractivity contribution in [1.82, 2.24) is 0 Å². The number of hydrogen-bond donors (Lipinski definition) is 1. The van der Waals surface area contributed by atoms with Crippen LogP contribution in [0.4, 0.5) is 5.69 Å². The summed E-state index contributed by atoms with van der Waals surface area (Å²) in [4.78, 5) is 0.114. The van der Waals surface area contributed by atoms with Crippen LogP contribution in [0.3, 0.4) is 0 Å². The van der Waals surface area contributed by atoms with Gasteiger partial charge in [0, 0.05) is 11.8 Å². The minimum atomic E-state index is -3.53. The average molecular weight is 312 g/mol. The van der Waals surface area contributed by atoms with Crippen LogP contribution in [0.2, 0.25) is 5.02 Å². The van der Waals surface area contributed by atoms with Crippen molar-refractivity contribution >= 4 is 27.1 Å². The molecule has 0 atom stereocenters. The lowest BCUT2D eigenvalue weighted by molar-refractivity contribution is 0.414. The molecule has 0 saturated carbocycles. The van der Waals surface area contributed by atoms with Crippen molar-refractivity contribution in [3.8, 4) is 5.75 Å². The third kappa shape index (κ3) is 3.23. The highest BCUT2D eigenvalue weighted by Gasteiger charge is 2.18. The molecule has 2 aromatic rings. The number of ether oxygens (including phenoxy) is 1. The van der Waals surface area contributed by atoms with Gasteiger partial charge < -0.3 is 10.5 Å². The second-order valence-electron chi connectivity index (χ2n) is 4.30. The fourth-order valence-corrected chi connectivity index (χ4v) is 3.78. The zero-order valence-electron chi connectivity index (χ0n) is 10.8. The molecule has 0 aliphatic rings. The smallest absolute Gasteiger partial charge is 0.183 e. The lowest BCUT2D eigenvalue weighted by Gasteiger charge is -2.09. The number of rotatable bonds is 4. The number of benzene rings is 2. The van der Waals surface area contributed by atoms with Gasteiger partial charge in [-0.2, -0.15) is 0 Å². The van der Waals surface area contributed by atoms with Gasteiger partial charge in [0.25, 0.3) is 0 Å². The molecular weight excluding hydrogens is 298 g/mol. The number of nitrogens with two attached hydrogens (primary N) is 1. The average Bonchev–Trinajstić information content (AvgIpc) is 2.37. The number of methoxy groups -OCH3 is 1. The second-order valence-corrected chi connectivity index (χ2v) is 6.67. The van der Waals surface area contributed by atoms with Crippen LogP contribution in [0.15, 0.2) is 47.4 Å². The van der Waals surface area contributed by atoms with Crippen molar-refractivity contribution in [3.05, 3.63) is 53.1 Å². The molecule has 0 aromatic heterocycles. The van der Waals surface area contributed by atoms with E-state index in [9.17, 15) is 8.42 Å². The highest BCUT2D eigenvalue weighted by molar-refractivity contribution is 7.90. The Kier molecular flexibility index (Phi) is 4.20. The Morgan fingerprint density at radius 1 is 1.20 bits per heavy atom. The van der Waals surface area contributed by atoms with Gasteiger partial charge in [0.15, 0.2) is 9.84 Å². The van der Waals surface area contributed by atoms with Crippen LogP contribution in [0.5, 0.6) is 5.75 Å². The normalized spacial score (nSPS) is 11.3. The molecule has 20 heavy (non-hydrogen) atoms. The van der Waals surface area contributed by atoms with Crippen LogP contribution in [-0.2, 0) is 15.6 Å². The third-order valence-electron chi connectivity index (χ3n) is 2.75. The molecule has 0 aliphatic heterocycles. The molecule has 4 nitrogen and oxygen atoms in total. The second kappa shape index (κ2) is 5.73. The Hall–Kier alpha value is -1.72. The first-order valence-electron chi connectivity index (χ1n) is 5.83. The summed E-state index contributed by atoms with van der Waals surface area (Å²) in [5, 5.41) is 0.211. The van der Waals surface area contributed by atoms with Gasteiger partial charge in [-0.1, -0.05) is 23.7 Å². The fraction of sp³-hybridized carbons (Fsp3) is 0.143. The lowest BCUT2D eigenvalue weighted by atomic mass is 10.2. The molecule has 0 aliphatic carbocycles. The largest absolute Gasteiger partial charge is 0.497 e. The third-order valence-corrected chi connectivity index (χ3v) is 4.93. The highest BCUT2D eigenvalue weighted by atomic mass is 35.5. The number of nitrogen functional groups attached to an aromatic ring is 1. The Morgan fingerprint density at radius 3 is 2.55 bits per heavy atom. The molecule has 0 bridgehead atoms. The summed E-state index contributed by atoms with van der Waals surface area (Å²) in [6.45, 7) is 0. The van der Waals surface area contributed by atoms with E-state index in [0.29, 0.717) is 17.0 Å². The van der Waals surface area contributed by atoms with Crippen LogP contribution < -0.4 is 10.5 Å². The topological polar surface area (TPSA) is 69.4 Å². The van der Waals surface area contributed by atoms with Crippen molar-refractivity contribution in [3.63, 3.8) is 0 Å². The van der Waals surface area contributed by atoms with Crippen LogP contribution in [0, 0.1) is 0 Å². The molecule has 6 heteroatoms. The molecule has 0 radical (unpaired) electrons. The Labute approximate surface area is 123 Å². The summed E-state index contributed by atoms with van der Waals surface area (Å²) < 4.78 is 29.8. The number of hydrogen-bond acceptors (Lipinski definition) is 4. The highest BCUT2D eigenvalue weighted by Crippen LogP contribution is 2.26. The molecule has 2 rings (SSSR count). The Balaban J connectivity index is 2.38. The molecule has 2 N–H and O–H groups in total. The van der Waals surface area contributed by atoms with E-state index in [-0.39, 0.29) is 15.7 Å². The van der Waals surface area contributed by atoms with Gasteiger partial charge in [-0.15, -0.1) is 0 Å². The van der Waals surface area contributed by atoms with E-state index in [1.807, 2.05) is 0 Å². The van der Waals surface area contributed by atoms with Crippen LogP contribution in [-0.4, -0.2) is 15.5 Å². The molecule has 0 heterocycles. The van der Waals surface area contributed by atoms with Crippen molar-refractivity contribution in [2.45, 2.75) is 10.6 Å². The van der Waals surface area contributed by atoms with Gasteiger partial charge >= 0.3 is 0 Å². The number of halogens is 1. The van der Waals surface area contributed by atoms with Gasteiger partial charge in [0.05, 0.1) is 22.8 Å². The van der Waals surface area contributed by atoms with E-state index >= 15 is 0 Å². The van der Waals surface area contributed by atoms with Crippen molar-refractivity contribution in [2.75, 3.05) is 12.8 Å². The number of sulfone groups is 1. The van der Waals surface area contributed by atoms with E-state index in [4.69, 9.17) is 22.1 Å². The van der Waals surface area contributed by atoms with E-state index in [2.05, 4.69) is 0 Å². The maximum absolute atomic E-state index is 12.4. The van der Waals surface area contributed by atoms with Gasteiger partial charge in [-0.05, 0) is 29.8 Å². The summed E-state index contributed by atoms with van der Waals surface area (Å²) in [7, 11) is -2.03. The minimum Gasteiger partial charge on any atom is -0.497 e. The Bertz CT molecular complexity index is 729. The van der Waals surface area contributed by atoms with Gasteiger partial charge in [0.1, 0.15) is 5.75 Å². The van der Waals surface area contributed by atoms with E-state index < -0.39 is 9.84 Å². The summed E-state index contributed by atoms with van der Waals surface area (Å²) in [5.41, 5.74) is 6.73. The summed E-state index contributed by atoms with van der Waals surface area (Å²) in [6.07, 6.45) is 0. The zero-order chi connectivity index (χ0) is 14.8. The van der Waals surface area contributed by atoms with Gasteiger partial charge in [0.2, 0.25) is 0 Å². The molecular formula is C14H14ClNO3S. The molecule has 0 spiro atoms. The molecule has 0 fully saturated rings. The summed E-state index contributed by atoms with van der Waals surface area (Å²) in [6, 6.07) is 11.2. The molecule has 0 saturated heterocycles. The first-order chi connectivity index (χ1) is 9.42. The monoisotopic (exact) mass is 311 g/mol. The quantitative estimate of drug-likeness (QED) is 0.881. The van der Waals surface area contributed by atoms with Gasteiger partial charge in [-0.25, -0.2) is 8.42 Å². The van der Waals surface area contributed by atoms with E-state index in [1.54, 1.807) is 36.4 Å². The Morgan fingerprint density at radius 2 is 1.90 bits per heavy atom. The zero-order valence-corrected chi connectivity index (χ0v) is 12.4. The minimum absolute atomic E-state index is 0.114. The van der Waals surface area contributed by atoms with Crippen molar-refractivity contribution < 1.29 is 13.2 Å². The summed E-state index contributed by atoms with van der Waals surface area (Å²) >= 11 is 5.94. The first kappa shape index (κ1) is 14.7. The maximum Gasteiger partial charge on any atom is 0.183 e. The standard InChI is InChI=1S/C14H14ClNO3S/c1-19-12-7-10(6-11(16)8-12)9-20(17,18)14-5-3-2-4-13(14)15/h2-8H,9,16H2,1H3. The molecule has 106 valence electrons. The van der Waals surface area contributed by atoms with E-state index in [1.165, 1.54) is 13.2 Å². The van der Waals surface area contributed by atoms with Crippen molar-refractivity contribution in [2.24, 2.45) is 0 Å². The summed E-state index contributed by atoms with van der Waals surface area (Å²) in [5.74, 6) is 0.340. The van der Waals surface area contributed by atoms with Crippen LogP contribution in [0.1, 0.15) is 5.56 Å². The fourth-order valence-electron chi connectivity index (χ4n) is 1.88. The van der Waals surface area contributed by atoms with E-state index in [0.717, 1.165) is 0 Å². The first-order valence-corrected chi connectivity index (χ1v) is 7.86. The van der Waals surface area contributed by atoms with Crippen LogP contribution in [0.25, 0.3) is 0 Å².